The molecule has 1 N–H and O–H groups in total. The average molecular weight is 266 g/mol. The van der Waals surface area contributed by atoms with Crippen LogP contribution in [-0.2, 0) is 0 Å². The van der Waals surface area contributed by atoms with Crippen molar-refractivity contribution in [3.63, 3.8) is 0 Å². The molecule has 4 rings (SSSR count). The van der Waals surface area contributed by atoms with Gasteiger partial charge in [0.1, 0.15) is 0 Å². The minimum Gasteiger partial charge on any atom is -0.290 e. The molecule has 1 aliphatic carbocycles. The molecule has 5 heteroatoms. The third-order valence-corrected chi connectivity index (χ3v) is 3.75. The van der Waals surface area contributed by atoms with Crippen molar-refractivity contribution in [2.24, 2.45) is 0 Å². The molecule has 0 unspecified atom stereocenters. The van der Waals surface area contributed by atoms with Crippen molar-refractivity contribution in [1.82, 2.24) is 19.6 Å². The van der Waals surface area contributed by atoms with Gasteiger partial charge in [-0.25, -0.2) is 0 Å². The van der Waals surface area contributed by atoms with Gasteiger partial charge in [-0.3, -0.25) is 9.78 Å². The van der Waals surface area contributed by atoms with Crippen LogP contribution in [0.25, 0.3) is 17.0 Å². The molecular formula is C15H14N4O. The largest absolute Gasteiger partial charge is 0.290 e. The van der Waals surface area contributed by atoms with E-state index < -0.39 is 0 Å². The van der Waals surface area contributed by atoms with Gasteiger partial charge in [0.25, 0.3) is 5.56 Å². The van der Waals surface area contributed by atoms with E-state index in [2.05, 4.69) is 15.1 Å². The van der Waals surface area contributed by atoms with Crippen LogP contribution >= 0.6 is 0 Å². The minimum absolute atomic E-state index is 0.105. The Hall–Kier alpha value is -2.43. The predicted molar refractivity (Wildman–Crippen MR) is 75.8 cm³/mol. The van der Waals surface area contributed by atoms with Crippen molar-refractivity contribution in [2.45, 2.75) is 25.7 Å². The summed E-state index contributed by atoms with van der Waals surface area (Å²) in [6, 6.07) is 9.85. The van der Waals surface area contributed by atoms with Gasteiger partial charge in [0.05, 0.1) is 5.69 Å². The number of hydrogen-bond acceptors (Lipinski definition) is 3. The number of fused-ring (bicyclic) bond motifs is 1. The van der Waals surface area contributed by atoms with E-state index in [4.69, 9.17) is 0 Å². The van der Waals surface area contributed by atoms with Crippen LogP contribution < -0.4 is 5.56 Å². The third kappa shape index (κ3) is 1.66. The Kier molecular flexibility index (Phi) is 2.30. The number of hydrogen-bond donors (Lipinski definition) is 1. The summed E-state index contributed by atoms with van der Waals surface area (Å²) in [5.41, 5.74) is 2.36. The number of H-pyrrole nitrogens is 1. The highest BCUT2D eigenvalue weighted by atomic mass is 16.1. The molecule has 1 fully saturated rings. The quantitative estimate of drug-likeness (QED) is 0.774. The fourth-order valence-corrected chi connectivity index (χ4v) is 2.48. The van der Waals surface area contributed by atoms with E-state index in [0.29, 0.717) is 17.3 Å². The van der Waals surface area contributed by atoms with Crippen LogP contribution in [0.2, 0.25) is 0 Å². The zero-order valence-electron chi connectivity index (χ0n) is 11.1. The monoisotopic (exact) mass is 266 g/mol. The van der Waals surface area contributed by atoms with Crippen LogP contribution in [0.4, 0.5) is 0 Å². The summed E-state index contributed by atoms with van der Waals surface area (Å²) in [6.45, 7) is 1.82. The van der Waals surface area contributed by atoms with Gasteiger partial charge in [0.2, 0.25) is 5.78 Å². The van der Waals surface area contributed by atoms with Gasteiger partial charge in [-0.05, 0) is 19.8 Å². The first kappa shape index (κ1) is 11.4. The standard InChI is InChI=1S/C15H14N4O/c1-9-12(10-5-3-2-4-6-10)19-15(17-14(9)20)16-13(18-19)11-7-8-11/h2-6,11H,7-8H2,1H3,(H,16,17,18,20). The van der Waals surface area contributed by atoms with E-state index in [1.165, 1.54) is 0 Å². The Morgan fingerprint density at radius 2 is 2.00 bits per heavy atom. The number of nitrogens with one attached hydrogen (secondary N) is 1. The zero-order valence-corrected chi connectivity index (χ0v) is 11.1. The van der Waals surface area contributed by atoms with E-state index >= 15 is 0 Å². The number of benzene rings is 1. The van der Waals surface area contributed by atoms with Gasteiger partial charge in [-0.15, -0.1) is 5.10 Å². The summed E-state index contributed by atoms with van der Waals surface area (Å²) in [7, 11) is 0. The number of nitrogens with zero attached hydrogens (tertiary/aromatic N) is 3. The molecule has 3 aromatic rings. The lowest BCUT2D eigenvalue weighted by Crippen LogP contribution is -2.15. The molecule has 0 amide bonds. The molecule has 0 saturated heterocycles. The van der Waals surface area contributed by atoms with Crippen molar-refractivity contribution in [2.75, 3.05) is 0 Å². The molecule has 20 heavy (non-hydrogen) atoms. The first-order chi connectivity index (χ1) is 9.74. The highest BCUT2D eigenvalue weighted by Gasteiger charge is 2.29. The summed E-state index contributed by atoms with van der Waals surface area (Å²) in [6.07, 6.45) is 2.28. The Balaban J connectivity index is 2.06. The first-order valence-electron chi connectivity index (χ1n) is 6.79. The fourth-order valence-electron chi connectivity index (χ4n) is 2.48. The normalized spacial score (nSPS) is 14.8. The van der Waals surface area contributed by atoms with Gasteiger partial charge in [-0.2, -0.15) is 9.50 Å². The zero-order chi connectivity index (χ0) is 13.7. The van der Waals surface area contributed by atoms with Crippen molar-refractivity contribution < 1.29 is 0 Å². The smallest absolute Gasteiger partial charge is 0.255 e. The van der Waals surface area contributed by atoms with E-state index in [-0.39, 0.29) is 5.56 Å². The number of rotatable bonds is 2. The lowest BCUT2D eigenvalue weighted by molar-refractivity contribution is 0.870. The van der Waals surface area contributed by atoms with Crippen LogP contribution in [-0.4, -0.2) is 19.6 Å². The fraction of sp³-hybridized carbons (Fsp3) is 0.267. The molecule has 2 heterocycles. The van der Waals surface area contributed by atoms with Crippen LogP contribution in [0.5, 0.6) is 0 Å². The third-order valence-electron chi connectivity index (χ3n) is 3.75. The maximum absolute atomic E-state index is 12.1. The van der Waals surface area contributed by atoms with Crippen molar-refractivity contribution in [3.05, 3.63) is 52.1 Å². The Morgan fingerprint density at radius 1 is 1.25 bits per heavy atom. The highest BCUT2D eigenvalue weighted by Crippen LogP contribution is 2.38. The summed E-state index contributed by atoms with van der Waals surface area (Å²) in [4.78, 5) is 19.3. The van der Waals surface area contributed by atoms with Crippen molar-refractivity contribution in [1.29, 1.82) is 0 Å². The Morgan fingerprint density at radius 3 is 2.70 bits per heavy atom. The molecule has 2 aromatic heterocycles. The van der Waals surface area contributed by atoms with Crippen LogP contribution in [0, 0.1) is 6.92 Å². The minimum atomic E-state index is -0.105. The van der Waals surface area contributed by atoms with Crippen LogP contribution in [0.3, 0.4) is 0 Å². The second-order valence-corrected chi connectivity index (χ2v) is 5.27. The van der Waals surface area contributed by atoms with Crippen molar-refractivity contribution >= 4 is 5.78 Å². The number of aromatic amines is 1. The molecule has 0 radical (unpaired) electrons. The summed E-state index contributed by atoms with van der Waals surface area (Å²) in [5.74, 6) is 1.83. The molecule has 1 aromatic carbocycles. The molecule has 0 atom stereocenters. The molecule has 100 valence electrons. The second-order valence-electron chi connectivity index (χ2n) is 5.27. The van der Waals surface area contributed by atoms with Crippen LogP contribution in [0.1, 0.15) is 30.1 Å². The van der Waals surface area contributed by atoms with Gasteiger partial charge < -0.3 is 0 Å². The second kappa shape index (κ2) is 4.03. The lowest BCUT2D eigenvalue weighted by atomic mass is 10.1. The number of aromatic nitrogens is 4. The summed E-state index contributed by atoms with van der Waals surface area (Å²) in [5, 5.41) is 4.59. The van der Waals surface area contributed by atoms with E-state index in [0.717, 1.165) is 29.9 Å². The lowest BCUT2D eigenvalue weighted by Gasteiger charge is -2.07. The SMILES string of the molecule is Cc1c(-c2ccccc2)n2nc(C3CC3)nc2[nH]c1=O. The van der Waals surface area contributed by atoms with Gasteiger partial charge in [0, 0.05) is 17.0 Å². The molecule has 5 nitrogen and oxygen atoms in total. The van der Waals surface area contributed by atoms with E-state index in [1.807, 2.05) is 37.3 Å². The van der Waals surface area contributed by atoms with Crippen molar-refractivity contribution in [3.8, 4) is 11.3 Å². The highest BCUT2D eigenvalue weighted by molar-refractivity contribution is 5.64. The average Bonchev–Trinajstić information content (AvgIpc) is 3.23. The molecule has 0 spiro atoms. The molecule has 1 saturated carbocycles. The molecule has 1 aliphatic rings. The molecule has 0 aliphatic heterocycles. The first-order valence-corrected chi connectivity index (χ1v) is 6.79. The molecule has 0 bridgehead atoms. The van der Waals surface area contributed by atoms with Gasteiger partial charge in [0.15, 0.2) is 5.82 Å². The Bertz CT molecular complexity index is 843. The van der Waals surface area contributed by atoms with E-state index in [9.17, 15) is 4.79 Å². The van der Waals surface area contributed by atoms with Gasteiger partial charge in [-0.1, -0.05) is 30.3 Å². The molecular weight excluding hydrogens is 252 g/mol. The van der Waals surface area contributed by atoms with Crippen LogP contribution in [0.15, 0.2) is 35.1 Å². The predicted octanol–water partition coefficient (Wildman–Crippen LogP) is 2.27. The Labute approximate surface area is 115 Å². The topological polar surface area (TPSA) is 63.1 Å². The summed E-state index contributed by atoms with van der Waals surface area (Å²) < 4.78 is 1.76. The maximum Gasteiger partial charge on any atom is 0.255 e. The summed E-state index contributed by atoms with van der Waals surface area (Å²) >= 11 is 0. The van der Waals surface area contributed by atoms with Gasteiger partial charge >= 0.3 is 0 Å². The maximum atomic E-state index is 12.1. The van der Waals surface area contributed by atoms with E-state index in [1.54, 1.807) is 4.52 Å².